The molecule has 5 heteroatoms. The Morgan fingerprint density at radius 1 is 1.44 bits per heavy atom. The van der Waals surface area contributed by atoms with Crippen LogP contribution in [0.4, 0.5) is 10.1 Å². The number of nitrogens with zero attached hydrogens (tertiary/aromatic N) is 1. The fourth-order valence-electron chi connectivity index (χ4n) is 1.77. The maximum Gasteiger partial charge on any atom is 0.245 e. The van der Waals surface area contributed by atoms with Crippen molar-refractivity contribution in [2.45, 2.75) is 5.38 Å². The number of carbonyl (C=O) groups is 1. The van der Waals surface area contributed by atoms with Gasteiger partial charge in [-0.3, -0.25) is 4.79 Å². The van der Waals surface area contributed by atoms with Gasteiger partial charge in [-0.2, -0.15) is 0 Å². The molecule has 2 rings (SSSR count). The van der Waals surface area contributed by atoms with Crippen LogP contribution in [0.3, 0.4) is 0 Å². The first-order valence-electron chi connectivity index (χ1n) is 4.95. The van der Waals surface area contributed by atoms with Crippen molar-refractivity contribution < 1.29 is 14.3 Å². The highest BCUT2D eigenvalue weighted by molar-refractivity contribution is 6.34. The van der Waals surface area contributed by atoms with E-state index < -0.39 is 5.38 Å². The summed E-state index contributed by atoms with van der Waals surface area (Å²) in [5.74, 6) is -0.858. The summed E-state index contributed by atoms with van der Waals surface area (Å²) in [6.07, 6.45) is 0. The number of anilines is 1. The fraction of sp³-hybridized carbons (Fsp3) is 0.364. The molecule has 1 aliphatic heterocycles. The SMILES string of the molecule is O=C1[C@@H](Cl)[C@@H](CO)CN1c1ccc(F)cc1. The summed E-state index contributed by atoms with van der Waals surface area (Å²) in [5.41, 5.74) is 0.605. The summed E-state index contributed by atoms with van der Waals surface area (Å²) in [4.78, 5) is 13.2. The molecule has 1 saturated heterocycles. The number of benzene rings is 1. The van der Waals surface area contributed by atoms with E-state index >= 15 is 0 Å². The van der Waals surface area contributed by atoms with Crippen molar-refractivity contribution in [2.75, 3.05) is 18.1 Å². The number of hydrogen-bond donors (Lipinski definition) is 1. The standard InChI is InChI=1S/C11H11ClFNO2/c12-10-7(6-15)5-14(11(10)16)9-3-1-8(13)2-4-9/h1-4,7,10,15H,5-6H2/t7-,10+/m1/s1. The molecule has 86 valence electrons. The Bertz CT molecular complexity index is 395. The highest BCUT2D eigenvalue weighted by Crippen LogP contribution is 2.28. The van der Waals surface area contributed by atoms with Gasteiger partial charge < -0.3 is 10.0 Å². The molecule has 1 fully saturated rings. The van der Waals surface area contributed by atoms with Crippen molar-refractivity contribution in [3.63, 3.8) is 0 Å². The van der Waals surface area contributed by atoms with Crippen LogP contribution >= 0.6 is 11.6 Å². The second-order valence-electron chi connectivity index (χ2n) is 3.77. The van der Waals surface area contributed by atoms with Crippen LogP contribution in [0.25, 0.3) is 0 Å². The van der Waals surface area contributed by atoms with Crippen molar-refractivity contribution >= 4 is 23.2 Å². The van der Waals surface area contributed by atoms with Crippen LogP contribution in [-0.4, -0.2) is 29.5 Å². The smallest absolute Gasteiger partial charge is 0.245 e. The van der Waals surface area contributed by atoms with Crippen LogP contribution in [0.15, 0.2) is 24.3 Å². The molecule has 0 saturated carbocycles. The maximum absolute atomic E-state index is 12.7. The molecular formula is C11H11ClFNO2. The van der Waals surface area contributed by atoms with E-state index in [9.17, 15) is 9.18 Å². The monoisotopic (exact) mass is 243 g/mol. The Morgan fingerprint density at radius 2 is 2.06 bits per heavy atom. The number of amides is 1. The average molecular weight is 244 g/mol. The minimum Gasteiger partial charge on any atom is -0.396 e. The Morgan fingerprint density at radius 3 is 2.56 bits per heavy atom. The van der Waals surface area contributed by atoms with E-state index in [1.807, 2.05) is 0 Å². The second kappa shape index (κ2) is 4.39. The largest absolute Gasteiger partial charge is 0.396 e. The Balaban J connectivity index is 2.23. The predicted molar refractivity (Wildman–Crippen MR) is 59.0 cm³/mol. The molecule has 1 N–H and O–H groups in total. The van der Waals surface area contributed by atoms with Crippen LogP contribution in [0, 0.1) is 11.7 Å². The van der Waals surface area contributed by atoms with Crippen molar-refractivity contribution in [3.05, 3.63) is 30.1 Å². The molecule has 0 aromatic heterocycles. The number of rotatable bonds is 2. The highest BCUT2D eigenvalue weighted by Gasteiger charge is 2.39. The van der Waals surface area contributed by atoms with Gasteiger partial charge in [-0.05, 0) is 24.3 Å². The van der Waals surface area contributed by atoms with Crippen LogP contribution in [0.2, 0.25) is 0 Å². The highest BCUT2D eigenvalue weighted by atomic mass is 35.5. The van der Waals surface area contributed by atoms with Gasteiger partial charge in [0.05, 0.1) is 0 Å². The zero-order valence-corrected chi connectivity index (χ0v) is 9.19. The van der Waals surface area contributed by atoms with Gasteiger partial charge in [0.1, 0.15) is 11.2 Å². The number of aliphatic hydroxyl groups excluding tert-OH is 1. The first-order chi connectivity index (χ1) is 7.63. The average Bonchev–Trinajstić information content (AvgIpc) is 2.57. The zero-order valence-electron chi connectivity index (χ0n) is 8.44. The molecule has 2 atom stereocenters. The maximum atomic E-state index is 12.7. The molecular weight excluding hydrogens is 233 g/mol. The molecule has 1 aromatic rings. The number of hydrogen-bond acceptors (Lipinski definition) is 2. The number of aliphatic hydroxyl groups is 1. The van der Waals surface area contributed by atoms with E-state index in [-0.39, 0.29) is 24.2 Å². The third-order valence-corrected chi connectivity index (χ3v) is 3.25. The third kappa shape index (κ3) is 1.90. The molecule has 0 radical (unpaired) electrons. The summed E-state index contributed by atoms with van der Waals surface area (Å²) < 4.78 is 12.7. The van der Waals surface area contributed by atoms with Gasteiger partial charge in [-0.15, -0.1) is 11.6 Å². The van der Waals surface area contributed by atoms with Gasteiger partial charge in [-0.25, -0.2) is 4.39 Å². The van der Waals surface area contributed by atoms with Gasteiger partial charge >= 0.3 is 0 Å². The molecule has 16 heavy (non-hydrogen) atoms. The van der Waals surface area contributed by atoms with Crippen LogP contribution in [-0.2, 0) is 4.79 Å². The third-order valence-electron chi connectivity index (χ3n) is 2.71. The van der Waals surface area contributed by atoms with Crippen LogP contribution < -0.4 is 4.90 Å². The Kier molecular flexibility index (Phi) is 3.12. The van der Waals surface area contributed by atoms with E-state index in [0.717, 1.165) is 0 Å². The van der Waals surface area contributed by atoms with E-state index in [1.165, 1.54) is 29.2 Å². The quantitative estimate of drug-likeness (QED) is 0.798. The molecule has 3 nitrogen and oxygen atoms in total. The normalized spacial score (nSPS) is 25.2. The summed E-state index contributed by atoms with van der Waals surface area (Å²) in [5, 5.41) is 8.34. The minimum absolute atomic E-state index is 0.127. The lowest BCUT2D eigenvalue weighted by molar-refractivity contribution is -0.117. The van der Waals surface area contributed by atoms with Crippen molar-refractivity contribution in [1.82, 2.24) is 0 Å². The summed E-state index contributed by atoms with van der Waals surface area (Å²) in [6.45, 7) is 0.243. The first kappa shape index (κ1) is 11.4. The number of alkyl halides is 1. The number of halogens is 2. The second-order valence-corrected chi connectivity index (χ2v) is 4.24. The Labute approximate surface area is 97.4 Å². The molecule has 1 heterocycles. The summed E-state index contributed by atoms with van der Waals surface area (Å²) in [7, 11) is 0. The molecule has 0 aliphatic carbocycles. The molecule has 1 amide bonds. The Hall–Kier alpha value is -1.13. The van der Waals surface area contributed by atoms with Crippen LogP contribution in [0.1, 0.15) is 0 Å². The van der Waals surface area contributed by atoms with Crippen LogP contribution in [0.5, 0.6) is 0 Å². The number of carbonyl (C=O) groups excluding carboxylic acids is 1. The van der Waals surface area contributed by atoms with E-state index in [1.54, 1.807) is 0 Å². The predicted octanol–water partition coefficient (Wildman–Crippen LogP) is 1.39. The molecule has 1 aromatic carbocycles. The molecule has 0 bridgehead atoms. The van der Waals surface area contributed by atoms with E-state index in [0.29, 0.717) is 12.2 Å². The van der Waals surface area contributed by atoms with E-state index in [4.69, 9.17) is 16.7 Å². The topological polar surface area (TPSA) is 40.5 Å². The molecule has 0 unspecified atom stereocenters. The minimum atomic E-state index is -0.699. The lowest BCUT2D eigenvalue weighted by Crippen LogP contribution is -2.27. The lowest BCUT2D eigenvalue weighted by atomic mass is 10.1. The zero-order chi connectivity index (χ0) is 11.7. The van der Waals surface area contributed by atoms with Crippen molar-refractivity contribution in [1.29, 1.82) is 0 Å². The van der Waals surface area contributed by atoms with E-state index in [2.05, 4.69) is 0 Å². The van der Waals surface area contributed by atoms with Gasteiger partial charge in [0.15, 0.2) is 0 Å². The lowest BCUT2D eigenvalue weighted by Gasteiger charge is -2.15. The first-order valence-corrected chi connectivity index (χ1v) is 5.39. The molecule has 0 spiro atoms. The van der Waals surface area contributed by atoms with Gasteiger partial charge in [0.2, 0.25) is 5.91 Å². The summed E-state index contributed by atoms with van der Waals surface area (Å²) in [6, 6.07) is 5.63. The van der Waals surface area contributed by atoms with Crippen molar-refractivity contribution in [2.24, 2.45) is 5.92 Å². The van der Waals surface area contributed by atoms with Crippen molar-refractivity contribution in [3.8, 4) is 0 Å². The fourth-order valence-corrected chi connectivity index (χ4v) is 2.05. The van der Waals surface area contributed by atoms with Gasteiger partial charge in [0, 0.05) is 24.8 Å². The molecule has 1 aliphatic rings. The van der Waals surface area contributed by atoms with Gasteiger partial charge in [0.25, 0.3) is 0 Å². The summed E-state index contributed by atoms with van der Waals surface area (Å²) >= 11 is 5.88. The van der Waals surface area contributed by atoms with Gasteiger partial charge in [-0.1, -0.05) is 0 Å².